The fraction of sp³-hybridized carbons (Fsp3) is 0.731. The maximum atomic E-state index is 14.4. The molecular formula is C26H34F3N5O3S. The van der Waals surface area contributed by atoms with Crippen LogP contribution in [0.3, 0.4) is 0 Å². The molecule has 1 aromatic heterocycles. The second-order valence-electron chi connectivity index (χ2n) is 11.1. The van der Waals surface area contributed by atoms with E-state index >= 15 is 0 Å². The molecule has 1 N–H and O–H groups in total. The Labute approximate surface area is 224 Å². The lowest BCUT2D eigenvalue weighted by molar-refractivity contribution is -0.143. The first-order valence-electron chi connectivity index (χ1n) is 13.4. The van der Waals surface area contributed by atoms with E-state index in [4.69, 9.17) is 9.47 Å². The van der Waals surface area contributed by atoms with E-state index in [1.165, 1.54) is 0 Å². The van der Waals surface area contributed by atoms with Gasteiger partial charge in [0.1, 0.15) is 0 Å². The Balaban J connectivity index is 1.23. The molecule has 12 heteroatoms. The molecule has 5 heterocycles. The highest BCUT2D eigenvalue weighted by Gasteiger charge is 2.59. The Hall–Kier alpha value is -1.89. The summed E-state index contributed by atoms with van der Waals surface area (Å²) in [5, 5.41) is 4.81. The Morgan fingerprint density at radius 2 is 2.24 bits per heavy atom. The van der Waals surface area contributed by atoms with Gasteiger partial charge in [0.2, 0.25) is 5.91 Å². The summed E-state index contributed by atoms with van der Waals surface area (Å²) in [6.07, 6.45) is -0.690. The van der Waals surface area contributed by atoms with Crippen molar-refractivity contribution in [1.29, 1.82) is 0 Å². The SMILES string of the molecule is COC1COCCC1NC1CC2CN(C3=NCCS3)CC2(C(=O)N2CCc3ncc(C(F)(F)F)cc3C2)C1. The Morgan fingerprint density at radius 1 is 1.37 bits per heavy atom. The van der Waals surface area contributed by atoms with E-state index in [1.54, 1.807) is 23.8 Å². The van der Waals surface area contributed by atoms with Gasteiger partial charge >= 0.3 is 6.18 Å². The van der Waals surface area contributed by atoms with Crippen molar-refractivity contribution in [3.05, 3.63) is 29.1 Å². The van der Waals surface area contributed by atoms with E-state index in [0.717, 1.165) is 49.1 Å². The number of pyridine rings is 1. The highest BCUT2D eigenvalue weighted by molar-refractivity contribution is 8.14. The Morgan fingerprint density at radius 3 is 3.00 bits per heavy atom. The Kier molecular flexibility index (Phi) is 7.11. The highest BCUT2D eigenvalue weighted by Crippen LogP contribution is 2.51. The summed E-state index contributed by atoms with van der Waals surface area (Å²) in [5.74, 6) is 1.16. The predicted molar refractivity (Wildman–Crippen MR) is 137 cm³/mol. The molecule has 5 atom stereocenters. The van der Waals surface area contributed by atoms with E-state index < -0.39 is 17.2 Å². The largest absolute Gasteiger partial charge is 0.417 e. The number of nitrogens with zero attached hydrogens (tertiary/aromatic N) is 4. The molecular weight excluding hydrogens is 519 g/mol. The maximum absolute atomic E-state index is 14.4. The van der Waals surface area contributed by atoms with Crippen molar-refractivity contribution in [3.8, 4) is 0 Å². The molecule has 1 aromatic rings. The zero-order valence-corrected chi connectivity index (χ0v) is 22.3. The number of hydrogen-bond donors (Lipinski definition) is 1. The first-order valence-corrected chi connectivity index (χ1v) is 14.4. The second kappa shape index (κ2) is 10.3. The minimum atomic E-state index is -4.46. The standard InChI is InChI=1S/C26H34F3N5O3S/c1-36-22-14-37-6-3-21(22)32-19-9-18-13-34(24-30-4-7-38-24)15-25(18,10-19)23(35)33-5-2-20-16(12-33)8-17(11-31-20)26(27,28)29/h8,11,18-19,21-22,32H,2-7,9-10,12-15H2,1H3. The number of aromatic nitrogens is 1. The van der Waals surface area contributed by atoms with Gasteiger partial charge < -0.3 is 24.6 Å². The molecule has 1 saturated carbocycles. The molecule has 8 nitrogen and oxygen atoms in total. The van der Waals surface area contributed by atoms with Crippen LogP contribution in [0.1, 0.15) is 36.1 Å². The van der Waals surface area contributed by atoms with Gasteiger partial charge in [0.15, 0.2) is 5.17 Å². The van der Waals surface area contributed by atoms with Crippen molar-refractivity contribution in [2.24, 2.45) is 16.3 Å². The van der Waals surface area contributed by atoms with Crippen molar-refractivity contribution < 1.29 is 27.4 Å². The van der Waals surface area contributed by atoms with Crippen LogP contribution >= 0.6 is 11.8 Å². The van der Waals surface area contributed by atoms with Gasteiger partial charge in [-0.05, 0) is 36.8 Å². The van der Waals surface area contributed by atoms with Crippen molar-refractivity contribution in [3.63, 3.8) is 0 Å². The smallest absolute Gasteiger partial charge is 0.379 e. The molecule has 38 heavy (non-hydrogen) atoms. The van der Waals surface area contributed by atoms with Crippen molar-refractivity contribution in [2.45, 2.75) is 56.6 Å². The first kappa shape index (κ1) is 26.3. The molecule has 0 aromatic carbocycles. The second-order valence-corrected chi connectivity index (χ2v) is 12.2. The molecule has 5 unspecified atom stereocenters. The quantitative estimate of drug-likeness (QED) is 0.614. The van der Waals surface area contributed by atoms with Gasteiger partial charge in [-0.15, -0.1) is 0 Å². The summed E-state index contributed by atoms with van der Waals surface area (Å²) in [4.78, 5) is 27.1. The van der Waals surface area contributed by atoms with E-state index in [0.29, 0.717) is 50.4 Å². The summed E-state index contributed by atoms with van der Waals surface area (Å²) >= 11 is 1.74. The minimum Gasteiger partial charge on any atom is -0.379 e. The Bertz CT molecular complexity index is 1100. The van der Waals surface area contributed by atoms with Crippen molar-refractivity contribution in [2.75, 3.05) is 52.3 Å². The molecule has 208 valence electrons. The van der Waals surface area contributed by atoms with Gasteiger partial charge in [0.05, 0.1) is 30.2 Å². The molecule has 0 spiro atoms. The molecule has 3 fully saturated rings. The number of carbonyl (C=O) groups is 1. The van der Waals surface area contributed by atoms with E-state index in [9.17, 15) is 18.0 Å². The summed E-state index contributed by atoms with van der Waals surface area (Å²) in [5.41, 5.74) is -0.212. The van der Waals surface area contributed by atoms with Crippen molar-refractivity contribution >= 4 is 22.8 Å². The lowest BCUT2D eigenvalue weighted by Crippen LogP contribution is -2.52. The fourth-order valence-electron chi connectivity index (χ4n) is 7.00. The van der Waals surface area contributed by atoms with Crippen LogP contribution in [-0.4, -0.2) is 96.3 Å². The van der Waals surface area contributed by atoms with E-state index in [-0.39, 0.29) is 36.6 Å². The fourth-order valence-corrected chi connectivity index (χ4v) is 7.87. The number of ether oxygens (including phenoxy) is 2. The third kappa shape index (κ3) is 4.82. The van der Waals surface area contributed by atoms with Gasteiger partial charge in [-0.25, -0.2) is 0 Å². The molecule has 6 rings (SSSR count). The van der Waals surface area contributed by atoms with Crippen LogP contribution in [0, 0.1) is 11.3 Å². The number of likely N-dealkylation sites (tertiary alicyclic amines) is 1. The number of aliphatic imine (C=N–C) groups is 1. The molecule has 4 aliphatic heterocycles. The van der Waals surface area contributed by atoms with Crippen LogP contribution in [0.2, 0.25) is 0 Å². The monoisotopic (exact) mass is 553 g/mol. The van der Waals surface area contributed by atoms with Crippen LogP contribution in [-0.2, 0) is 33.4 Å². The summed E-state index contributed by atoms with van der Waals surface area (Å²) in [7, 11) is 1.70. The number of alkyl halides is 3. The number of amidine groups is 1. The lowest BCUT2D eigenvalue weighted by atomic mass is 9.78. The van der Waals surface area contributed by atoms with E-state index in [1.807, 2.05) is 0 Å². The average Bonchev–Trinajstić information content (AvgIpc) is 3.63. The number of halogens is 3. The first-order chi connectivity index (χ1) is 18.3. The maximum Gasteiger partial charge on any atom is 0.417 e. The van der Waals surface area contributed by atoms with Gasteiger partial charge in [-0.3, -0.25) is 14.8 Å². The zero-order valence-electron chi connectivity index (χ0n) is 21.5. The molecule has 1 amide bonds. The zero-order chi connectivity index (χ0) is 26.5. The van der Waals surface area contributed by atoms with Gasteiger partial charge in [-0.1, -0.05) is 11.8 Å². The van der Waals surface area contributed by atoms with Crippen LogP contribution in [0.15, 0.2) is 17.3 Å². The number of methoxy groups -OCH3 is 1. The number of hydrogen-bond acceptors (Lipinski definition) is 8. The highest BCUT2D eigenvalue weighted by atomic mass is 32.2. The number of carbonyl (C=O) groups excluding carboxylic acids is 1. The number of amides is 1. The normalized spacial score (nSPS) is 33.3. The average molecular weight is 554 g/mol. The lowest BCUT2D eigenvalue weighted by Gasteiger charge is -2.38. The van der Waals surface area contributed by atoms with Gasteiger partial charge in [0.25, 0.3) is 0 Å². The molecule has 0 radical (unpaired) electrons. The van der Waals surface area contributed by atoms with Crippen LogP contribution in [0.5, 0.6) is 0 Å². The van der Waals surface area contributed by atoms with Crippen molar-refractivity contribution in [1.82, 2.24) is 20.1 Å². The van der Waals surface area contributed by atoms with E-state index in [2.05, 4.69) is 20.2 Å². The predicted octanol–water partition coefficient (Wildman–Crippen LogP) is 2.56. The van der Waals surface area contributed by atoms with Crippen LogP contribution in [0.25, 0.3) is 0 Å². The summed E-state index contributed by atoms with van der Waals surface area (Å²) in [6.45, 7) is 4.06. The minimum absolute atomic E-state index is 0.0227. The summed E-state index contributed by atoms with van der Waals surface area (Å²) < 4.78 is 51.3. The molecule has 0 bridgehead atoms. The summed E-state index contributed by atoms with van der Waals surface area (Å²) in [6, 6.07) is 1.50. The number of thioether (sulfide) groups is 1. The third-order valence-corrected chi connectivity index (χ3v) is 9.88. The molecule has 5 aliphatic rings. The third-order valence-electron chi connectivity index (χ3n) is 8.85. The number of fused-ring (bicyclic) bond motifs is 2. The van der Waals surface area contributed by atoms with Crippen LogP contribution < -0.4 is 5.32 Å². The topological polar surface area (TPSA) is 79.3 Å². The van der Waals surface area contributed by atoms with Crippen LogP contribution in [0.4, 0.5) is 13.2 Å². The van der Waals surface area contributed by atoms with Gasteiger partial charge in [0, 0.05) is 76.0 Å². The molecule has 1 aliphatic carbocycles. The molecule has 2 saturated heterocycles. The number of rotatable bonds is 4. The van der Waals surface area contributed by atoms with Gasteiger partial charge in [-0.2, -0.15) is 13.2 Å². The number of nitrogens with one attached hydrogen (secondary N) is 1.